The minimum atomic E-state index is -0.509. The van der Waals surface area contributed by atoms with Crippen molar-refractivity contribution >= 4 is 21.7 Å². The minimum absolute atomic E-state index is 0.306. The number of aliphatic hydroxyl groups is 1. The third kappa shape index (κ3) is 4.38. The first-order valence-electron chi connectivity index (χ1n) is 11.7. The van der Waals surface area contributed by atoms with Crippen LogP contribution in [0.5, 0.6) is 5.75 Å². The molecule has 1 saturated heterocycles. The summed E-state index contributed by atoms with van der Waals surface area (Å²) < 4.78 is 6.01. The van der Waals surface area contributed by atoms with Gasteiger partial charge in [-0.3, -0.25) is 4.90 Å². The number of benzene rings is 3. The van der Waals surface area contributed by atoms with Gasteiger partial charge in [-0.2, -0.15) is 0 Å². The zero-order valence-corrected chi connectivity index (χ0v) is 18.9. The standard InChI is InChI=1S/C28H32N2O2/c1-19-14-26-27(29-19)8-5-9-28(26)32-18-25(31)17-30-13-12-24(15-20(30)2)23-11-10-21-6-3-4-7-22(21)16-23/h3-11,14,16,20,24-25,29,31H,12-13,15,17-18H2,1-2H3/t20-,24-,25+/m1/s1. The fourth-order valence-electron chi connectivity index (χ4n) is 5.16. The lowest BCUT2D eigenvalue weighted by atomic mass is 9.85. The van der Waals surface area contributed by atoms with Crippen LogP contribution in [0.15, 0.2) is 66.7 Å². The van der Waals surface area contributed by atoms with Gasteiger partial charge < -0.3 is 14.8 Å². The van der Waals surface area contributed by atoms with E-state index in [1.807, 2.05) is 25.1 Å². The Morgan fingerprint density at radius 3 is 2.75 bits per heavy atom. The van der Waals surface area contributed by atoms with Gasteiger partial charge in [0.25, 0.3) is 0 Å². The molecule has 2 heterocycles. The van der Waals surface area contributed by atoms with Gasteiger partial charge in [0.15, 0.2) is 0 Å². The fraction of sp³-hybridized carbons (Fsp3) is 0.357. The van der Waals surface area contributed by atoms with E-state index in [2.05, 4.69) is 65.3 Å². The van der Waals surface area contributed by atoms with Crippen molar-refractivity contribution in [1.29, 1.82) is 0 Å². The third-order valence-corrected chi connectivity index (χ3v) is 6.89. The van der Waals surface area contributed by atoms with Crippen LogP contribution in [-0.2, 0) is 0 Å². The topological polar surface area (TPSA) is 48.5 Å². The van der Waals surface area contributed by atoms with E-state index in [1.165, 1.54) is 16.3 Å². The van der Waals surface area contributed by atoms with E-state index < -0.39 is 6.10 Å². The van der Waals surface area contributed by atoms with Crippen molar-refractivity contribution in [2.75, 3.05) is 19.7 Å². The maximum Gasteiger partial charge on any atom is 0.128 e. The van der Waals surface area contributed by atoms with Gasteiger partial charge in [0, 0.05) is 29.2 Å². The second-order valence-corrected chi connectivity index (χ2v) is 9.31. The molecule has 0 amide bonds. The van der Waals surface area contributed by atoms with E-state index in [-0.39, 0.29) is 0 Å². The predicted molar refractivity (Wildman–Crippen MR) is 131 cm³/mol. The monoisotopic (exact) mass is 428 g/mol. The van der Waals surface area contributed by atoms with E-state index in [0.717, 1.165) is 41.7 Å². The highest BCUT2D eigenvalue weighted by Crippen LogP contribution is 2.33. The molecule has 0 radical (unpaired) electrons. The number of hydrogen-bond acceptors (Lipinski definition) is 3. The van der Waals surface area contributed by atoms with Gasteiger partial charge in [-0.05, 0) is 73.7 Å². The summed E-state index contributed by atoms with van der Waals surface area (Å²) in [5.74, 6) is 1.41. The number of rotatable bonds is 6. The molecule has 0 aliphatic carbocycles. The van der Waals surface area contributed by atoms with Gasteiger partial charge in [0.1, 0.15) is 18.5 Å². The normalized spacial score (nSPS) is 20.6. The van der Waals surface area contributed by atoms with Crippen molar-refractivity contribution in [3.8, 4) is 5.75 Å². The number of aromatic nitrogens is 1. The Bertz CT molecular complexity index is 1210. The quantitative estimate of drug-likeness (QED) is 0.418. The Kier molecular flexibility index (Phi) is 5.90. The van der Waals surface area contributed by atoms with Gasteiger partial charge in [-0.15, -0.1) is 0 Å². The average molecular weight is 429 g/mol. The van der Waals surface area contributed by atoms with Crippen molar-refractivity contribution in [2.45, 2.75) is 44.8 Å². The third-order valence-electron chi connectivity index (χ3n) is 6.89. The number of aromatic amines is 1. The average Bonchev–Trinajstić information content (AvgIpc) is 3.19. The van der Waals surface area contributed by atoms with Crippen LogP contribution < -0.4 is 4.74 Å². The number of ether oxygens (including phenoxy) is 1. The largest absolute Gasteiger partial charge is 0.490 e. The Labute approximate surface area is 189 Å². The van der Waals surface area contributed by atoms with Crippen molar-refractivity contribution in [1.82, 2.24) is 9.88 Å². The molecule has 2 N–H and O–H groups in total. The number of H-pyrrole nitrogens is 1. The van der Waals surface area contributed by atoms with E-state index >= 15 is 0 Å². The molecule has 32 heavy (non-hydrogen) atoms. The lowest BCUT2D eigenvalue weighted by Gasteiger charge is -2.39. The number of aliphatic hydroxyl groups excluding tert-OH is 1. The second-order valence-electron chi connectivity index (χ2n) is 9.31. The summed E-state index contributed by atoms with van der Waals surface area (Å²) >= 11 is 0. The Balaban J connectivity index is 1.17. The van der Waals surface area contributed by atoms with Gasteiger partial charge in [-0.1, -0.05) is 48.5 Å². The van der Waals surface area contributed by atoms with Crippen LogP contribution in [0.25, 0.3) is 21.7 Å². The zero-order valence-electron chi connectivity index (χ0n) is 18.9. The van der Waals surface area contributed by atoms with Crippen LogP contribution in [0.4, 0.5) is 0 Å². The first kappa shape index (κ1) is 21.0. The molecular formula is C28H32N2O2. The number of β-amino-alcohol motifs (C(OH)–C–C–N with tert-alkyl or cyclic N) is 1. The van der Waals surface area contributed by atoms with Crippen molar-refractivity contribution < 1.29 is 9.84 Å². The van der Waals surface area contributed by atoms with Crippen molar-refractivity contribution in [2.24, 2.45) is 0 Å². The maximum atomic E-state index is 10.7. The fourth-order valence-corrected chi connectivity index (χ4v) is 5.16. The second kappa shape index (κ2) is 8.97. The Morgan fingerprint density at radius 2 is 1.91 bits per heavy atom. The van der Waals surface area contributed by atoms with Crippen LogP contribution >= 0.6 is 0 Å². The van der Waals surface area contributed by atoms with Crippen LogP contribution in [0.2, 0.25) is 0 Å². The first-order valence-corrected chi connectivity index (χ1v) is 11.7. The number of fused-ring (bicyclic) bond motifs is 2. The molecule has 4 nitrogen and oxygen atoms in total. The first-order chi connectivity index (χ1) is 15.6. The lowest BCUT2D eigenvalue weighted by molar-refractivity contribution is 0.0406. The molecule has 1 aliphatic rings. The minimum Gasteiger partial charge on any atom is -0.490 e. The SMILES string of the molecule is Cc1cc2c(OC[C@@H](O)CN3CC[C@@H](c4ccc5ccccc5c4)C[C@H]3C)cccc2[nH]1. The van der Waals surface area contributed by atoms with Gasteiger partial charge >= 0.3 is 0 Å². The maximum absolute atomic E-state index is 10.7. The number of nitrogens with one attached hydrogen (secondary N) is 1. The zero-order chi connectivity index (χ0) is 22.1. The number of hydrogen-bond donors (Lipinski definition) is 2. The molecular weight excluding hydrogens is 396 g/mol. The molecule has 3 atom stereocenters. The molecule has 0 unspecified atom stereocenters. The van der Waals surface area contributed by atoms with Crippen molar-refractivity contribution in [3.05, 3.63) is 78.0 Å². The molecule has 4 heteroatoms. The van der Waals surface area contributed by atoms with E-state index in [1.54, 1.807) is 0 Å². The summed E-state index contributed by atoms with van der Waals surface area (Å²) in [4.78, 5) is 5.74. The van der Waals surface area contributed by atoms with Crippen LogP contribution in [0.3, 0.4) is 0 Å². The highest BCUT2D eigenvalue weighted by molar-refractivity contribution is 5.86. The smallest absolute Gasteiger partial charge is 0.128 e. The number of likely N-dealkylation sites (tertiary alicyclic amines) is 1. The number of piperidine rings is 1. The van der Waals surface area contributed by atoms with Crippen molar-refractivity contribution in [3.63, 3.8) is 0 Å². The highest BCUT2D eigenvalue weighted by atomic mass is 16.5. The molecule has 0 spiro atoms. The van der Waals surface area contributed by atoms with Crippen LogP contribution in [0.1, 0.15) is 36.9 Å². The van der Waals surface area contributed by atoms with Gasteiger partial charge in [-0.25, -0.2) is 0 Å². The Hall–Kier alpha value is -2.82. The molecule has 4 aromatic rings. The highest BCUT2D eigenvalue weighted by Gasteiger charge is 2.28. The molecule has 166 valence electrons. The summed E-state index contributed by atoms with van der Waals surface area (Å²) in [5, 5.41) is 14.4. The summed E-state index contributed by atoms with van der Waals surface area (Å²) in [6.07, 6.45) is 1.73. The van der Waals surface area contributed by atoms with E-state index in [9.17, 15) is 5.11 Å². The lowest BCUT2D eigenvalue weighted by Crippen LogP contribution is -2.45. The number of nitrogens with zero attached hydrogens (tertiary/aromatic N) is 1. The summed E-state index contributed by atoms with van der Waals surface area (Å²) in [6.45, 7) is 6.28. The molecule has 3 aromatic carbocycles. The van der Waals surface area contributed by atoms with Gasteiger partial charge in [0.05, 0.1) is 0 Å². The Morgan fingerprint density at radius 1 is 1.06 bits per heavy atom. The predicted octanol–water partition coefficient (Wildman–Crippen LogP) is 5.64. The van der Waals surface area contributed by atoms with Crippen LogP contribution in [0, 0.1) is 6.92 Å². The molecule has 5 rings (SSSR count). The number of aryl methyl sites for hydroxylation is 1. The molecule has 0 saturated carbocycles. The van der Waals surface area contributed by atoms with Crippen LogP contribution in [-0.4, -0.2) is 46.8 Å². The molecule has 0 bridgehead atoms. The summed E-state index contributed by atoms with van der Waals surface area (Å²) in [7, 11) is 0. The summed E-state index contributed by atoms with van der Waals surface area (Å²) in [5.41, 5.74) is 3.62. The molecule has 1 aliphatic heterocycles. The molecule has 1 aromatic heterocycles. The van der Waals surface area contributed by atoms with E-state index in [0.29, 0.717) is 25.1 Å². The molecule has 1 fully saturated rings. The van der Waals surface area contributed by atoms with Gasteiger partial charge in [0.2, 0.25) is 0 Å². The summed E-state index contributed by atoms with van der Waals surface area (Å²) in [6, 6.07) is 24.0. The van der Waals surface area contributed by atoms with E-state index in [4.69, 9.17) is 4.74 Å².